The first-order valence-corrected chi connectivity index (χ1v) is 8.89. The fourth-order valence-electron chi connectivity index (χ4n) is 3.41. The van der Waals surface area contributed by atoms with Crippen LogP contribution in [-0.4, -0.2) is 26.8 Å². The molecule has 0 saturated heterocycles. The molecule has 2 aromatic carbocycles. The van der Waals surface area contributed by atoms with E-state index in [9.17, 15) is 5.11 Å². The highest BCUT2D eigenvalue weighted by atomic mass is 35.5. The first-order chi connectivity index (χ1) is 13.2. The van der Waals surface area contributed by atoms with E-state index in [0.717, 1.165) is 39.0 Å². The Morgan fingerprint density at radius 2 is 1.89 bits per heavy atom. The molecule has 0 aliphatic carbocycles. The molecule has 0 bridgehead atoms. The maximum Gasteiger partial charge on any atom is 0.119 e. The van der Waals surface area contributed by atoms with Crippen molar-refractivity contribution in [1.29, 1.82) is 0 Å². The average molecular weight is 380 g/mol. The molecule has 0 amide bonds. The van der Waals surface area contributed by atoms with Crippen LogP contribution in [0.4, 0.5) is 0 Å². The molecule has 5 nitrogen and oxygen atoms in total. The topological polar surface area (TPSA) is 60.2 Å². The van der Waals surface area contributed by atoms with Gasteiger partial charge in [0, 0.05) is 46.0 Å². The highest BCUT2D eigenvalue weighted by Crippen LogP contribution is 2.37. The minimum absolute atomic E-state index is 0.119. The number of benzene rings is 2. The fourth-order valence-corrected chi connectivity index (χ4v) is 3.60. The normalized spacial score (nSPS) is 11.1. The Morgan fingerprint density at radius 1 is 1.11 bits per heavy atom. The van der Waals surface area contributed by atoms with Gasteiger partial charge < -0.3 is 14.4 Å². The lowest BCUT2D eigenvalue weighted by molar-refractivity contribution is 0.273. The van der Waals surface area contributed by atoms with Gasteiger partial charge in [-0.3, -0.25) is 0 Å². The highest BCUT2D eigenvalue weighted by molar-refractivity contribution is 6.31. The van der Waals surface area contributed by atoms with Gasteiger partial charge in [0.15, 0.2) is 0 Å². The summed E-state index contributed by atoms with van der Waals surface area (Å²) in [6, 6.07) is 13.6. The molecular formula is C21H18ClN3O2. The Kier molecular flexibility index (Phi) is 4.79. The van der Waals surface area contributed by atoms with Crippen LogP contribution < -0.4 is 4.74 Å². The van der Waals surface area contributed by atoms with Gasteiger partial charge in [0.05, 0.1) is 19.4 Å². The zero-order valence-corrected chi connectivity index (χ0v) is 15.5. The number of hydrogen-bond donors (Lipinski definition) is 1. The van der Waals surface area contributed by atoms with Crippen molar-refractivity contribution in [3.05, 3.63) is 77.5 Å². The zero-order valence-electron chi connectivity index (χ0n) is 14.8. The van der Waals surface area contributed by atoms with Gasteiger partial charge in [-0.1, -0.05) is 29.8 Å². The fraction of sp³-hybridized carbons (Fsp3) is 0.143. The number of methoxy groups -OCH3 is 1. The number of halogens is 1. The molecule has 0 unspecified atom stereocenters. The SMILES string of the molecule is COc1ccc2c(c1)c(-c1cncnc1)c(CO)n2Cc1ccccc1Cl. The monoisotopic (exact) mass is 379 g/mol. The Bertz CT molecular complexity index is 1090. The molecule has 0 radical (unpaired) electrons. The number of ether oxygens (including phenoxy) is 1. The minimum atomic E-state index is -0.119. The number of aromatic nitrogens is 3. The van der Waals surface area contributed by atoms with E-state index in [1.54, 1.807) is 19.5 Å². The Morgan fingerprint density at radius 3 is 2.59 bits per heavy atom. The van der Waals surface area contributed by atoms with Crippen molar-refractivity contribution in [3.63, 3.8) is 0 Å². The summed E-state index contributed by atoms with van der Waals surface area (Å²) in [4.78, 5) is 8.28. The summed E-state index contributed by atoms with van der Waals surface area (Å²) < 4.78 is 7.49. The van der Waals surface area contributed by atoms with Gasteiger partial charge >= 0.3 is 0 Å². The minimum Gasteiger partial charge on any atom is -0.497 e. The van der Waals surface area contributed by atoms with Gasteiger partial charge in [-0.25, -0.2) is 9.97 Å². The van der Waals surface area contributed by atoms with Crippen LogP contribution in [0.5, 0.6) is 5.75 Å². The molecule has 4 aromatic rings. The summed E-state index contributed by atoms with van der Waals surface area (Å²) in [7, 11) is 1.64. The van der Waals surface area contributed by atoms with E-state index in [1.165, 1.54) is 6.33 Å². The standard InChI is InChI=1S/C21H18ClN3O2/c1-27-16-6-7-19-17(8-16)21(15-9-23-13-24-10-15)20(12-26)25(19)11-14-4-2-3-5-18(14)22/h2-10,13,26H,11-12H2,1H3. The third kappa shape index (κ3) is 3.16. The number of aliphatic hydroxyl groups is 1. The summed E-state index contributed by atoms with van der Waals surface area (Å²) in [6.07, 6.45) is 4.99. The van der Waals surface area contributed by atoms with Crippen molar-refractivity contribution in [2.75, 3.05) is 7.11 Å². The van der Waals surface area contributed by atoms with Crippen molar-refractivity contribution in [2.45, 2.75) is 13.2 Å². The lowest BCUT2D eigenvalue weighted by Gasteiger charge is -2.12. The lowest BCUT2D eigenvalue weighted by atomic mass is 10.0. The summed E-state index contributed by atoms with van der Waals surface area (Å²) in [6.45, 7) is 0.428. The third-order valence-electron chi connectivity index (χ3n) is 4.66. The van der Waals surface area contributed by atoms with Gasteiger partial charge in [-0.2, -0.15) is 0 Å². The molecule has 27 heavy (non-hydrogen) atoms. The van der Waals surface area contributed by atoms with Crippen LogP contribution in [0.2, 0.25) is 5.02 Å². The van der Waals surface area contributed by atoms with Crippen molar-refractivity contribution >= 4 is 22.5 Å². The largest absolute Gasteiger partial charge is 0.497 e. The molecule has 0 spiro atoms. The maximum atomic E-state index is 10.2. The number of rotatable bonds is 5. The maximum absolute atomic E-state index is 10.2. The molecule has 4 rings (SSSR count). The second kappa shape index (κ2) is 7.39. The molecule has 2 aromatic heterocycles. The van der Waals surface area contributed by atoms with Gasteiger partial charge in [0.1, 0.15) is 12.1 Å². The molecule has 136 valence electrons. The number of nitrogens with zero attached hydrogens (tertiary/aromatic N) is 3. The predicted octanol–water partition coefficient (Wildman–Crippen LogP) is 4.30. The molecule has 1 N–H and O–H groups in total. The summed E-state index contributed by atoms with van der Waals surface area (Å²) >= 11 is 6.38. The molecular weight excluding hydrogens is 362 g/mol. The van der Waals surface area contributed by atoms with Crippen molar-refractivity contribution in [3.8, 4) is 16.9 Å². The lowest BCUT2D eigenvalue weighted by Crippen LogP contribution is -2.05. The van der Waals surface area contributed by atoms with Crippen LogP contribution in [0.1, 0.15) is 11.3 Å². The van der Waals surface area contributed by atoms with Crippen LogP contribution >= 0.6 is 11.6 Å². The first-order valence-electron chi connectivity index (χ1n) is 8.51. The van der Waals surface area contributed by atoms with Gasteiger partial charge in [-0.15, -0.1) is 0 Å². The van der Waals surface area contributed by atoms with Crippen LogP contribution in [-0.2, 0) is 13.2 Å². The molecule has 0 aliphatic heterocycles. The van der Waals surface area contributed by atoms with Gasteiger partial charge in [0.2, 0.25) is 0 Å². The molecule has 0 atom stereocenters. The zero-order chi connectivity index (χ0) is 18.8. The molecule has 0 fully saturated rings. The first kappa shape index (κ1) is 17.5. The van der Waals surface area contributed by atoms with Crippen LogP contribution in [0, 0.1) is 0 Å². The average Bonchev–Trinajstić information content (AvgIpc) is 3.02. The Labute approximate surface area is 161 Å². The van der Waals surface area contributed by atoms with Crippen LogP contribution in [0.15, 0.2) is 61.2 Å². The quantitative estimate of drug-likeness (QED) is 0.561. The van der Waals surface area contributed by atoms with E-state index >= 15 is 0 Å². The number of aliphatic hydroxyl groups excluding tert-OH is 1. The van der Waals surface area contributed by atoms with E-state index in [-0.39, 0.29) is 6.61 Å². The highest BCUT2D eigenvalue weighted by Gasteiger charge is 2.20. The summed E-state index contributed by atoms with van der Waals surface area (Å²) in [5.41, 5.74) is 4.50. The smallest absolute Gasteiger partial charge is 0.119 e. The van der Waals surface area contributed by atoms with E-state index < -0.39 is 0 Å². The van der Waals surface area contributed by atoms with Crippen molar-refractivity contribution in [2.24, 2.45) is 0 Å². The Hall–Kier alpha value is -2.89. The van der Waals surface area contributed by atoms with E-state index in [1.807, 2.05) is 42.5 Å². The van der Waals surface area contributed by atoms with Crippen molar-refractivity contribution in [1.82, 2.24) is 14.5 Å². The predicted molar refractivity (Wildman–Crippen MR) is 106 cm³/mol. The van der Waals surface area contributed by atoms with E-state index in [2.05, 4.69) is 14.5 Å². The second-order valence-electron chi connectivity index (χ2n) is 6.17. The van der Waals surface area contributed by atoms with Crippen LogP contribution in [0.3, 0.4) is 0 Å². The third-order valence-corrected chi connectivity index (χ3v) is 5.03. The molecule has 0 saturated carbocycles. The van der Waals surface area contributed by atoms with E-state index in [0.29, 0.717) is 11.6 Å². The molecule has 6 heteroatoms. The summed E-state index contributed by atoms with van der Waals surface area (Å²) in [5.74, 6) is 0.750. The summed E-state index contributed by atoms with van der Waals surface area (Å²) in [5, 5.41) is 11.9. The van der Waals surface area contributed by atoms with Gasteiger partial charge in [0.25, 0.3) is 0 Å². The second-order valence-corrected chi connectivity index (χ2v) is 6.57. The molecule has 0 aliphatic rings. The molecule has 2 heterocycles. The Balaban J connectivity index is 2.00. The van der Waals surface area contributed by atoms with E-state index in [4.69, 9.17) is 16.3 Å². The van der Waals surface area contributed by atoms with Crippen LogP contribution in [0.25, 0.3) is 22.0 Å². The van der Waals surface area contributed by atoms with Gasteiger partial charge in [-0.05, 0) is 29.8 Å². The number of fused-ring (bicyclic) bond motifs is 1. The number of hydrogen-bond acceptors (Lipinski definition) is 4. The van der Waals surface area contributed by atoms with Crippen molar-refractivity contribution < 1.29 is 9.84 Å².